The van der Waals surface area contributed by atoms with E-state index in [2.05, 4.69) is 59.5 Å². The van der Waals surface area contributed by atoms with Crippen LogP contribution < -0.4 is 0 Å². The van der Waals surface area contributed by atoms with Crippen molar-refractivity contribution in [1.29, 1.82) is 0 Å². The molecule has 0 atom stereocenters. The van der Waals surface area contributed by atoms with Gasteiger partial charge in [0, 0.05) is 32.2 Å². The van der Waals surface area contributed by atoms with Gasteiger partial charge in [-0.1, -0.05) is 0 Å². The molecule has 2 rings (SSSR count). The van der Waals surface area contributed by atoms with Crippen LogP contribution in [0.4, 0.5) is 0 Å². The fourth-order valence-corrected chi connectivity index (χ4v) is 3.89. The highest BCUT2D eigenvalue weighted by Gasteiger charge is 2.22. The fourth-order valence-electron chi connectivity index (χ4n) is 3.23. The van der Waals surface area contributed by atoms with Gasteiger partial charge in [-0.3, -0.25) is 4.90 Å². The summed E-state index contributed by atoms with van der Waals surface area (Å²) in [4.78, 5) is 7.58. The Balaban J connectivity index is 1.83. The van der Waals surface area contributed by atoms with Crippen LogP contribution in [-0.2, 0) is 6.54 Å². The summed E-state index contributed by atoms with van der Waals surface area (Å²) in [7, 11) is 4.34. The van der Waals surface area contributed by atoms with Crippen molar-refractivity contribution >= 4 is 11.3 Å². The average molecular weight is 324 g/mol. The maximum Gasteiger partial charge on any atom is 0.0242 e. The number of likely N-dealkylation sites (tertiary alicyclic amines) is 1. The van der Waals surface area contributed by atoms with Gasteiger partial charge in [-0.15, -0.1) is 0 Å². The average Bonchev–Trinajstić information content (AvgIpc) is 2.98. The van der Waals surface area contributed by atoms with Crippen LogP contribution in [-0.4, -0.2) is 67.6 Å². The van der Waals surface area contributed by atoms with Crippen LogP contribution in [0, 0.1) is 5.92 Å². The zero-order valence-corrected chi connectivity index (χ0v) is 15.6. The maximum atomic E-state index is 2.66. The van der Waals surface area contributed by atoms with Gasteiger partial charge in [0.05, 0.1) is 0 Å². The third-order valence-corrected chi connectivity index (χ3v) is 5.48. The lowest BCUT2D eigenvalue weighted by Crippen LogP contribution is -2.42. The molecule has 0 aromatic carbocycles. The summed E-state index contributed by atoms with van der Waals surface area (Å²) in [6.07, 6.45) is 2.72. The van der Waals surface area contributed by atoms with Crippen molar-refractivity contribution in [1.82, 2.24) is 14.7 Å². The SMILES string of the molecule is CC(C)N1CCC(CN(CCN(C)C)Cc2ccsc2)CC1. The lowest BCUT2D eigenvalue weighted by atomic mass is 9.95. The molecular weight excluding hydrogens is 290 g/mol. The van der Waals surface area contributed by atoms with E-state index in [1.165, 1.54) is 44.6 Å². The van der Waals surface area contributed by atoms with Gasteiger partial charge < -0.3 is 9.80 Å². The van der Waals surface area contributed by atoms with Gasteiger partial charge in [0.15, 0.2) is 0 Å². The second-order valence-corrected chi connectivity index (χ2v) is 8.02. The van der Waals surface area contributed by atoms with Crippen LogP contribution in [0.15, 0.2) is 16.8 Å². The maximum absolute atomic E-state index is 2.66. The molecule has 1 aliphatic rings. The second-order valence-electron chi connectivity index (χ2n) is 7.24. The molecule has 126 valence electrons. The molecule has 0 amide bonds. The first-order chi connectivity index (χ1) is 10.5. The standard InChI is InChI=1S/C18H33N3S/c1-16(2)21-8-5-17(6-9-21)13-20(11-10-19(3)4)14-18-7-12-22-15-18/h7,12,15-17H,5-6,8-11,13-14H2,1-4H3. The quantitative estimate of drug-likeness (QED) is 0.727. The van der Waals surface area contributed by atoms with Crippen LogP contribution in [0.5, 0.6) is 0 Å². The minimum absolute atomic E-state index is 0.705. The normalized spacial score (nSPS) is 18.0. The molecule has 1 aromatic rings. The Labute approximate surface area is 140 Å². The molecule has 2 heterocycles. The predicted octanol–water partition coefficient (Wildman–Crippen LogP) is 3.23. The Bertz CT molecular complexity index is 394. The van der Waals surface area contributed by atoms with Crippen LogP contribution >= 0.6 is 11.3 Å². The number of piperidine rings is 1. The minimum atomic E-state index is 0.705. The number of likely N-dealkylation sites (N-methyl/N-ethyl adjacent to an activating group) is 1. The zero-order valence-electron chi connectivity index (χ0n) is 14.8. The highest BCUT2D eigenvalue weighted by molar-refractivity contribution is 7.07. The van der Waals surface area contributed by atoms with E-state index in [-0.39, 0.29) is 0 Å². The Hall–Kier alpha value is -0.420. The smallest absolute Gasteiger partial charge is 0.0242 e. The summed E-state index contributed by atoms with van der Waals surface area (Å²) >= 11 is 1.81. The van der Waals surface area contributed by atoms with Crippen molar-refractivity contribution in [2.45, 2.75) is 39.3 Å². The number of rotatable bonds is 8. The number of nitrogens with zero attached hydrogens (tertiary/aromatic N) is 3. The van der Waals surface area contributed by atoms with E-state index in [0.717, 1.165) is 19.0 Å². The van der Waals surface area contributed by atoms with Crippen LogP contribution in [0.2, 0.25) is 0 Å². The van der Waals surface area contributed by atoms with E-state index in [0.29, 0.717) is 6.04 Å². The van der Waals surface area contributed by atoms with Gasteiger partial charge in [0.1, 0.15) is 0 Å². The highest BCUT2D eigenvalue weighted by atomic mass is 32.1. The van der Waals surface area contributed by atoms with Crippen LogP contribution in [0.3, 0.4) is 0 Å². The highest BCUT2D eigenvalue weighted by Crippen LogP contribution is 2.21. The fraction of sp³-hybridized carbons (Fsp3) is 0.778. The zero-order chi connectivity index (χ0) is 15.9. The van der Waals surface area contributed by atoms with Crippen molar-refractivity contribution in [3.8, 4) is 0 Å². The van der Waals surface area contributed by atoms with E-state index in [1.54, 1.807) is 0 Å². The number of thiophene rings is 1. The molecule has 4 heteroatoms. The first-order valence-electron chi connectivity index (χ1n) is 8.67. The lowest BCUT2D eigenvalue weighted by Gasteiger charge is -2.37. The van der Waals surface area contributed by atoms with Gasteiger partial charge >= 0.3 is 0 Å². The number of hydrogen-bond donors (Lipinski definition) is 0. The lowest BCUT2D eigenvalue weighted by molar-refractivity contribution is 0.116. The Morgan fingerprint density at radius 1 is 1.23 bits per heavy atom. The molecule has 0 saturated carbocycles. The predicted molar refractivity (Wildman–Crippen MR) is 97.6 cm³/mol. The van der Waals surface area contributed by atoms with E-state index in [9.17, 15) is 0 Å². The molecule has 0 unspecified atom stereocenters. The van der Waals surface area contributed by atoms with E-state index in [1.807, 2.05) is 11.3 Å². The summed E-state index contributed by atoms with van der Waals surface area (Å²) in [6.45, 7) is 11.9. The molecule has 1 aromatic heterocycles. The molecule has 0 radical (unpaired) electrons. The molecule has 3 nitrogen and oxygen atoms in total. The van der Waals surface area contributed by atoms with Crippen molar-refractivity contribution in [3.63, 3.8) is 0 Å². The Morgan fingerprint density at radius 2 is 1.95 bits per heavy atom. The van der Waals surface area contributed by atoms with Crippen molar-refractivity contribution in [2.75, 3.05) is 46.8 Å². The molecule has 22 heavy (non-hydrogen) atoms. The molecule has 1 aliphatic heterocycles. The summed E-state index contributed by atoms with van der Waals surface area (Å²) in [5, 5.41) is 4.49. The Kier molecular flexibility index (Phi) is 7.35. The van der Waals surface area contributed by atoms with Crippen molar-refractivity contribution in [3.05, 3.63) is 22.4 Å². The number of hydrogen-bond acceptors (Lipinski definition) is 4. The van der Waals surface area contributed by atoms with Gasteiger partial charge in [0.2, 0.25) is 0 Å². The van der Waals surface area contributed by atoms with Gasteiger partial charge in [0.25, 0.3) is 0 Å². The molecule has 0 N–H and O–H groups in total. The third kappa shape index (κ3) is 5.99. The van der Waals surface area contributed by atoms with Crippen LogP contribution in [0.25, 0.3) is 0 Å². The summed E-state index contributed by atoms with van der Waals surface area (Å²) < 4.78 is 0. The molecule has 1 saturated heterocycles. The summed E-state index contributed by atoms with van der Waals surface area (Å²) in [5.41, 5.74) is 1.48. The van der Waals surface area contributed by atoms with Gasteiger partial charge in [-0.25, -0.2) is 0 Å². The molecule has 0 bridgehead atoms. The Morgan fingerprint density at radius 3 is 2.50 bits per heavy atom. The largest absolute Gasteiger partial charge is 0.308 e. The summed E-state index contributed by atoms with van der Waals surface area (Å²) in [5.74, 6) is 0.871. The van der Waals surface area contributed by atoms with E-state index >= 15 is 0 Å². The van der Waals surface area contributed by atoms with E-state index in [4.69, 9.17) is 0 Å². The molecule has 0 spiro atoms. The monoisotopic (exact) mass is 323 g/mol. The van der Waals surface area contributed by atoms with Crippen molar-refractivity contribution < 1.29 is 0 Å². The second kappa shape index (κ2) is 9.02. The third-order valence-electron chi connectivity index (χ3n) is 4.75. The first kappa shape index (κ1) is 17.9. The minimum Gasteiger partial charge on any atom is -0.308 e. The molecule has 0 aliphatic carbocycles. The summed E-state index contributed by atoms with van der Waals surface area (Å²) in [6, 6.07) is 2.98. The van der Waals surface area contributed by atoms with Crippen LogP contribution in [0.1, 0.15) is 32.3 Å². The van der Waals surface area contributed by atoms with Gasteiger partial charge in [-0.2, -0.15) is 11.3 Å². The first-order valence-corrected chi connectivity index (χ1v) is 9.61. The van der Waals surface area contributed by atoms with Gasteiger partial charge in [-0.05, 0) is 82.2 Å². The molecule has 1 fully saturated rings. The molecular formula is C18H33N3S. The van der Waals surface area contributed by atoms with E-state index < -0.39 is 0 Å². The van der Waals surface area contributed by atoms with Crippen molar-refractivity contribution in [2.24, 2.45) is 5.92 Å². The topological polar surface area (TPSA) is 9.72 Å².